The molecule has 0 aliphatic rings. The molecule has 0 bridgehead atoms. The highest BCUT2D eigenvalue weighted by molar-refractivity contribution is 5.87. The van der Waals surface area contributed by atoms with Gasteiger partial charge in [0.1, 0.15) is 11.4 Å². The van der Waals surface area contributed by atoms with Gasteiger partial charge in [-0.15, -0.1) is 5.10 Å². The van der Waals surface area contributed by atoms with Gasteiger partial charge in [-0.2, -0.15) is 0 Å². The summed E-state index contributed by atoms with van der Waals surface area (Å²) in [4.78, 5) is 14.8. The van der Waals surface area contributed by atoms with Crippen molar-refractivity contribution in [3.05, 3.63) is 54.4 Å². The van der Waals surface area contributed by atoms with Crippen LogP contribution in [0.15, 0.2) is 48.8 Å². The number of ether oxygens (including phenoxy) is 2. The average molecular weight is 340 g/mol. The van der Waals surface area contributed by atoms with Crippen LogP contribution < -0.4 is 4.74 Å². The van der Waals surface area contributed by atoms with Crippen LogP contribution in [-0.2, 0) is 11.3 Å². The molecule has 128 valence electrons. The van der Waals surface area contributed by atoms with Gasteiger partial charge in [-0.25, -0.2) is 14.5 Å². The van der Waals surface area contributed by atoms with Gasteiger partial charge < -0.3 is 14.6 Å². The van der Waals surface area contributed by atoms with Crippen LogP contribution in [0.1, 0.15) is 10.4 Å². The number of aromatic nitrogens is 4. The summed E-state index contributed by atoms with van der Waals surface area (Å²) in [7, 11) is 1.63. The van der Waals surface area contributed by atoms with E-state index < -0.39 is 5.97 Å². The van der Waals surface area contributed by atoms with Crippen LogP contribution in [0.3, 0.4) is 0 Å². The summed E-state index contributed by atoms with van der Waals surface area (Å²) in [5, 5.41) is 17.1. The maximum atomic E-state index is 10.8. The number of methoxy groups -OCH3 is 1. The van der Waals surface area contributed by atoms with Crippen LogP contribution >= 0.6 is 0 Å². The highest BCUT2D eigenvalue weighted by Crippen LogP contribution is 2.25. The molecule has 0 saturated carbocycles. The minimum Gasteiger partial charge on any atom is -0.478 e. The number of pyridine rings is 1. The van der Waals surface area contributed by atoms with Crippen molar-refractivity contribution in [1.82, 2.24) is 20.0 Å². The topological polar surface area (TPSA) is 99.4 Å². The molecule has 0 spiro atoms. The van der Waals surface area contributed by atoms with Gasteiger partial charge in [0.25, 0.3) is 0 Å². The second-order valence-corrected chi connectivity index (χ2v) is 5.18. The SMILES string of the molecule is COCCn1cc(-c2cccc(Oc3ccc(C(=O)O)cn3)c2)nn1. The van der Waals surface area contributed by atoms with E-state index in [4.69, 9.17) is 14.6 Å². The number of hydrogen-bond acceptors (Lipinski definition) is 6. The number of carbonyl (C=O) groups is 1. The Morgan fingerprint density at radius 3 is 2.88 bits per heavy atom. The van der Waals surface area contributed by atoms with E-state index in [-0.39, 0.29) is 5.56 Å². The summed E-state index contributed by atoms with van der Waals surface area (Å²) in [6, 6.07) is 10.3. The van der Waals surface area contributed by atoms with Crippen molar-refractivity contribution in [2.45, 2.75) is 6.54 Å². The van der Waals surface area contributed by atoms with Crippen LogP contribution in [0.5, 0.6) is 11.6 Å². The van der Waals surface area contributed by atoms with Crippen molar-refractivity contribution in [3.63, 3.8) is 0 Å². The van der Waals surface area contributed by atoms with Crippen LogP contribution in [0.2, 0.25) is 0 Å². The van der Waals surface area contributed by atoms with Gasteiger partial charge in [-0.1, -0.05) is 17.3 Å². The first-order chi connectivity index (χ1) is 12.2. The van der Waals surface area contributed by atoms with Crippen molar-refractivity contribution in [2.24, 2.45) is 0 Å². The Morgan fingerprint density at radius 1 is 1.28 bits per heavy atom. The molecule has 0 atom stereocenters. The van der Waals surface area contributed by atoms with Gasteiger partial charge in [0.2, 0.25) is 5.88 Å². The maximum absolute atomic E-state index is 10.8. The molecule has 1 aromatic carbocycles. The van der Waals surface area contributed by atoms with E-state index in [9.17, 15) is 4.79 Å². The molecule has 0 amide bonds. The first-order valence-electron chi connectivity index (χ1n) is 7.52. The minimum absolute atomic E-state index is 0.105. The summed E-state index contributed by atoms with van der Waals surface area (Å²) in [5.41, 5.74) is 1.67. The van der Waals surface area contributed by atoms with Crippen LogP contribution in [0, 0.1) is 0 Å². The Hall–Kier alpha value is -3.26. The molecular formula is C17H16N4O4. The van der Waals surface area contributed by atoms with E-state index in [1.807, 2.05) is 24.4 Å². The smallest absolute Gasteiger partial charge is 0.337 e. The summed E-state index contributed by atoms with van der Waals surface area (Å²) in [5.74, 6) is -0.150. The second-order valence-electron chi connectivity index (χ2n) is 5.18. The molecule has 2 heterocycles. The molecule has 8 heteroatoms. The highest BCUT2D eigenvalue weighted by atomic mass is 16.5. The number of aromatic carboxylic acids is 1. The Balaban J connectivity index is 1.74. The molecule has 0 fully saturated rings. The molecule has 1 N–H and O–H groups in total. The van der Waals surface area contributed by atoms with Crippen molar-refractivity contribution in [1.29, 1.82) is 0 Å². The van der Waals surface area contributed by atoms with Crippen LogP contribution in [0.4, 0.5) is 0 Å². The fraction of sp³-hybridized carbons (Fsp3) is 0.176. The van der Waals surface area contributed by atoms with E-state index in [1.54, 1.807) is 17.9 Å². The quantitative estimate of drug-likeness (QED) is 0.705. The summed E-state index contributed by atoms with van der Waals surface area (Å²) < 4.78 is 12.4. The van der Waals surface area contributed by atoms with E-state index in [1.165, 1.54) is 18.3 Å². The predicted molar refractivity (Wildman–Crippen MR) is 88.6 cm³/mol. The molecule has 8 nitrogen and oxygen atoms in total. The Bertz CT molecular complexity index is 861. The summed E-state index contributed by atoms with van der Waals surface area (Å²) in [6.07, 6.45) is 3.08. The third kappa shape index (κ3) is 4.18. The van der Waals surface area contributed by atoms with Gasteiger partial charge >= 0.3 is 5.97 Å². The minimum atomic E-state index is -1.03. The van der Waals surface area contributed by atoms with Crippen molar-refractivity contribution >= 4 is 5.97 Å². The van der Waals surface area contributed by atoms with E-state index >= 15 is 0 Å². The number of carboxylic acid groups (broad SMARTS) is 1. The molecule has 3 aromatic rings. The molecule has 0 unspecified atom stereocenters. The molecule has 0 radical (unpaired) electrons. The average Bonchev–Trinajstić information content (AvgIpc) is 3.10. The lowest BCUT2D eigenvalue weighted by Crippen LogP contribution is -2.04. The van der Waals surface area contributed by atoms with Crippen molar-refractivity contribution in [2.75, 3.05) is 13.7 Å². The largest absolute Gasteiger partial charge is 0.478 e. The van der Waals surface area contributed by atoms with Gasteiger partial charge in [0.15, 0.2) is 0 Å². The third-order valence-corrected chi connectivity index (χ3v) is 3.40. The predicted octanol–water partition coefficient (Wildman–Crippen LogP) is 2.48. The fourth-order valence-electron chi connectivity index (χ4n) is 2.13. The van der Waals surface area contributed by atoms with Crippen LogP contribution in [-0.4, -0.2) is 44.8 Å². The molecular weight excluding hydrogens is 324 g/mol. The third-order valence-electron chi connectivity index (χ3n) is 3.40. The Kier molecular flexibility index (Phi) is 5.00. The van der Waals surface area contributed by atoms with Gasteiger partial charge in [0, 0.05) is 24.9 Å². The summed E-state index contributed by atoms with van der Waals surface area (Å²) in [6.45, 7) is 1.18. The van der Waals surface area contributed by atoms with Crippen molar-refractivity contribution in [3.8, 4) is 22.9 Å². The fourth-order valence-corrected chi connectivity index (χ4v) is 2.13. The molecule has 3 rings (SSSR count). The van der Waals surface area contributed by atoms with E-state index in [0.717, 1.165) is 11.3 Å². The van der Waals surface area contributed by atoms with E-state index in [2.05, 4.69) is 15.3 Å². The molecule has 0 saturated heterocycles. The lowest BCUT2D eigenvalue weighted by molar-refractivity contribution is 0.0696. The van der Waals surface area contributed by atoms with Gasteiger partial charge in [0.05, 0.1) is 24.9 Å². The molecule has 0 aliphatic heterocycles. The number of benzene rings is 1. The second kappa shape index (κ2) is 7.54. The lowest BCUT2D eigenvalue weighted by atomic mass is 10.1. The molecule has 0 aliphatic carbocycles. The number of hydrogen-bond donors (Lipinski definition) is 1. The first kappa shape index (κ1) is 16.6. The van der Waals surface area contributed by atoms with E-state index in [0.29, 0.717) is 24.8 Å². The van der Waals surface area contributed by atoms with Gasteiger partial charge in [-0.3, -0.25) is 0 Å². The number of nitrogens with zero attached hydrogens (tertiary/aromatic N) is 4. The zero-order valence-electron chi connectivity index (χ0n) is 13.5. The summed E-state index contributed by atoms with van der Waals surface area (Å²) >= 11 is 0. The maximum Gasteiger partial charge on any atom is 0.337 e. The standard InChI is InChI=1S/C17H16N4O4/c1-24-8-7-21-11-15(19-20-21)12-3-2-4-14(9-12)25-16-6-5-13(10-18-16)17(22)23/h2-6,9-11H,7-8H2,1H3,(H,22,23). The number of carboxylic acids is 1. The van der Waals surface area contributed by atoms with Crippen molar-refractivity contribution < 1.29 is 19.4 Å². The lowest BCUT2D eigenvalue weighted by Gasteiger charge is -2.06. The Labute approximate surface area is 143 Å². The van der Waals surface area contributed by atoms with Gasteiger partial charge in [-0.05, 0) is 18.2 Å². The van der Waals surface area contributed by atoms with Crippen LogP contribution in [0.25, 0.3) is 11.3 Å². The monoisotopic (exact) mass is 340 g/mol. The first-order valence-corrected chi connectivity index (χ1v) is 7.52. The zero-order chi connectivity index (χ0) is 17.6. The molecule has 25 heavy (non-hydrogen) atoms. The molecule has 2 aromatic heterocycles. The highest BCUT2D eigenvalue weighted by Gasteiger charge is 2.07. The normalized spacial score (nSPS) is 10.6. The Morgan fingerprint density at radius 2 is 2.16 bits per heavy atom. The zero-order valence-corrected chi connectivity index (χ0v) is 13.5. The number of rotatable bonds is 7.